The zero-order valence-corrected chi connectivity index (χ0v) is 19.6. The van der Waals surface area contributed by atoms with Gasteiger partial charge in [0.25, 0.3) is 5.91 Å². The number of carbonyl (C=O) groups is 1. The maximum atomic E-state index is 13.3. The van der Waals surface area contributed by atoms with Crippen molar-refractivity contribution in [2.75, 3.05) is 37.7 Å². The second kappa shape index (κ2) is 11.3. The lowest BCUT2D eigenvalue weighted by molar-refractivity contribution is 0.0978. The lowest BCUT2D eigenvalue weighted by atomic mass is 10.3. The molecule has 0 aliphatic carbocycles. The summed E-state index contributed by atoms with van der Waals surface area (Å²) in [4.78, 5) is 22.1. The molecule has 0 saturated carbocycles. The van der Waals surface area contributed by atoms with E-state index in [1.54, 1.807) is 15.6 Å². The number of ether oxygens (including phenoxy) is 1. The van der Waals surface area contributed by atoms with Crippen LogP contribution >= 0.6 is 23.7 Å². The van der Waals surface area contributed by atoms with Gasteiger partial charge >= 0.3 is 0 Å². The topological polar surface area (TPSA) is 63.5 Å². The van der Waals surface area contributed by atoms with Crippen LogP contribution in [0.1, 0.15) is 38.2 Å². The van der Waals surface area contributed by atoms with Crippen LogP contribution in [0.15, 0.2) is 30.5 Å². The highest BCUT2D eigenvalue weighted by Gasteiger charge is 2.23. The fraction of sp³-hybridized carbons (Fsp3) is 0.476. The van der Waals surface area contributed by atoms with Crippen molar-refractivity contribution in [2.45, 2.75) is 34.2 Å². The van der Waals surface area contributed by atoms with Crippen molar-refractivity contribution in [1.82, 2.24) is 19.7 Å². The minimum absolute atomic E-state index is 0. The quantitative estimate of drug-likeness (QED) is 0.459. The summed E-state index contributed by atoms with van der Waals surface area (Å²) < 4.78 is 8.37. The van der Waals surface area contributed by atoms with Gasteiger partial charge in [-0.25, -0.2) is 4.98 Å². The summed E-state index contributed by atoms with van der Waals surface area (Å²) in [6.45, 7) is 12.8. The number of hydrogen-bond acceptors (Lipinski definition) is 6. The highest BCUT2D eigenvalue weighted by Crippen LogP contribution is 2.32. The number of hydrogen-bond donors (Lipinski definition) is 0. The molecule has 2 aromatic heterocycles. The van der Waals surface area contributed by atoms with Crippen LogP contribution in [0.2, 0.25) is 0 Å². The minimum atomic E-state index is -0.117. The van der Waals surface area contributed by atoms with Crippen LogP contribution in [-0.2, 0) is 6.54 Å². The minimum Gasteiger partial charge on any atom is -0.494 e. The fourth-order valence-electron chi connectivity index (χ4n) is 3.12. The van der Waals surface area contributed by atoms with Crippen LogP contribution in [0, 0.1) is 0 Å². The zero-order chi connectivity index (χ0) is 20.8. The standard InChI is InChI=1S/C21H29N5O2S.ClH/c1-5-24(6-2)13-14-26(20(27)18-11-12-25(7-3)23-18)21-22-17-10-9-16(28-8-4)15-19(17)29-21;/h9-12,15H,5-8,13-14H2,1-4H3;1H. The van der Waals surface area contributed by atoms with Gasteiger partial charge in [-0.1, -0.05) is 25.2 Å². The van der Waals surface area contributed by atoms with Crippen LogP contribution in [0.25, 0.3) is 10.2 Å². The number of fused-ring (bicyclic) bond motifs is 1. The molecule has 0 aliphatic rings. The van der Waals surface area contributed by atoms with E-state index in [-0.39, 0.29) is 18.3 Å². The van der Waals surface area contributed by atoms with Crippen LogP contribution in [0.3, 0.4) is 0 Å². The molecule has 30 heavy (non-hydrogen) atoms. The van der Waals surface area contributed by atoms with Crippen molar-refractivity contribution in [3.05, 3.63) is 36.2 Å². The predicted molar refractivity (Wildman–Crippen MR) is 125 cm³/mol. The van der Waals surface area contributed by atoms with Crippen molar-refractivity contribution in [2.24, 2.45) is 0 Å². The first-order valence-electron chi connectivity index (χ1n) is 10.2. The summed E-state index contributed by atoms with van der Waals surface area (Å²) in [7, 11) is 0. The molecule has 0 atom stereocenters. The maximum Gasteiger partial charge on any atom is 0.280 e. The number of carbonyl (C=O) groups excluding carboxylic acids is 1. The Bertz CT molecular complexity index is 954. The Morgan fingerprint density at radius 3 is 2.53 bits per heavy atom. The number of nitrogens with zero attached hydrogens (tertiary/aromatic N) is 5. The Balaban J connectivity index is 0.00000320. The van der Waals surface area contributed by atoms with E-state index in [4.69, 9.17) is 9.72 Å². The third-order valence-electron chi connectivity index (χ3n) is 4.85. The Labute approximate surface area is 188 Å². The van der Waals surface area contributed by atoms with Gasteiger partial charge < -0.3 is 9.64 Å². The molecule has 0 fully saturated rings. The summed E-state index contributed by atoms with van der Waals surface area (Å²) in [6.07, 6.45) is 1.84. The second-order valence-electron chi connectivity index (χ2n) is 6.60. The van der Waals surface area contributed by atoms with E-state index in [0.717, 1.165) is 42.1 Å². The lowest BCUT2D eigenvalue weighted by Crippen LogP contribution is -2.39. The Kier molecular flexibility index (Phi) is 9.08. The lowest BCUT2D eigenvalue weighted by Gasteiger charge is -2.24. The molecule has 1 aromatic carbocycles. The van der Waals surface area contributed by atoms with E-state index < -0.39 is 0 Å². The van der Waals surface area contributed by atoms with Crippen LogP contribution in [0.5, 0.6) is 5.75 Å². The first-order chi connectivity index (χ1) is 14.1. The number of aromatic nitrogens is 3. The molecule has 164 valence electrons. The van der Waals surface area contributed by atoms with Gasteiger partial charge in [0.15, 0.2) is 10.8 Å². The number of aryl methyl sites for hydroxylation is 1. The highest BCUT2D eigenvalue weighted by atomic mass is 35.5. The molecule has 3 rings (SSSR count). The molecule has 0 spiro atoms. The SMILES string of the molecule is CCOc1ccc2nc(N(CCN(CC)CC)C(=O)c3ccn(CC)n3)sc2c1.Cl. The number of thiazole rings is 1. The molecule has 1 amide bonds. The average molecular weight is 452 g/mol. The molecule has 2 heterocycles. The fourth-order valence-corrected chi connectivity index (χ4v) is 4.14. The largest absolute Gasteiger partial charge is 0.494 e. The molecule has 0 N–H and O–H groups in total. The van der Waals surface area contributed by atoms with Crippen LogP contribution in [-0.4, -0.2) is 58.4 Å². The van der Waals surface area contributed by atoms with E-state index in [1.807, 2.05) is 38.2 Å². The van der Waals surface area contributed by atoms with Crippen LogP contribution in [0.4, 0.5) is 5.13 Å². The molecule has 9 heteroatoms. The third-order valence-corrected chi connectivity index (χ3v) is 5.89. The van der Waals surface area contributed by atoms with Crippen molar-refractivity contribution >= 4 is 45.0 Å². The summed E-state index contributed by atoms with van der Waals surface area (Å²) in [5.41, 5.74) is 1.31. The number of likely N-dealkylation sites (N-methyl/N-ethyl adjacent to an activating group) is 1. The first-order valence-corrected chi connectivity index (χ1v) is 11.0. The molecular formula is C21H30ClN5O2S. The van der Waals surface area contributed by atoms with Gasteiger partial charge in [-0.3, -0.25) is 14.4 Å². The smallest absolute Gasteiger partial charge is 0.280 e. The van der Waals surface area contributed by atoms with E-state index in [2.05, 4.69) is 23.8 Å². The average Bonchev–Trinajstić information content (AvgIpc) is 3.37. The first kappa shape index (κ1) is 24.1. The molecule has 3 aromatic rings. The summed E-state index contributed by atoms with van der Waals surface area (Å²) in [6, 6.07) is 7.62. The van der Waals surface area contributed by atoms with E-state index in [0.29, 0.717) is 24.0 Å². The van der Waals surface area contributed by atoms with E-state index in [1.165, 1.54) is 11.3 Å². The highest BCUT2D eigenvalue weighted by molar-refractivity contribution is 7.22. The van der Waals surface area contributed by atoms with Gasteiger partial charge in [-0.15, -0.1) is 12.4 Å². The van der Waals surface area contributed by atoms with Crippen molar-refractivity contribution in [3.8, 4) is 5.75 Å². The van der Waals surface area contributed by atoms with Gasteiger partial charge in [-0.05, 0) is 51.2 Å². The van der Waals surface area contributed by atoms with Crippen molar-refractivity contribution < 1.29 is 9.53 Å². The Morgan fingerprint density at radius 1 is 1.13 bits per heavy atom. The van der Waals surface area contributed by atoms with Gasteiger partial charge in [0, 0.05) is 25.8 Å². The summed E-state index contributed by atoms with van der Waals surface area (Å²) in [5, 5.41) is 5.10. The normalized spacial score (nSPS) is 11.0. The zero-order valence-electron chi connectivity index (χ0n) is 18.0. The predicted octanol–water partition coefficient (Wildman–Crippen LogP) is 4.32. The van der Waals surface area contributed by atoms with Crippen LogP contribution < -0.4 is 9.64 Å². The molecule has 0 radical (unpaired) electrons. The van der Waals surface area contributed by atoms with Gasteiger partial charge in [0.2, 0.25) is 0 Å². The second-order valence-corrected chi connectivity index (χ2v) is 7.61. The number of benzene rings is 1. The summed E-state index contributed by atoms with van der Waals surface area (Å²) >= 11 is 1.51. The molecule has 0 saturated heterocycles. The number of amides is 1. The number of anilines is 1. The van der Waals surface area contributed by atoms with E-state index >= 15 is 0 Å². The molecule has 0 aliphatic heterocycles. The van der Waals surface area contributed by atoms with Crippen molar-refractivity contribution in [3.63, 3.8) is 0 Å². The van der Waals surface area contributed by atoms with Crippen molar-refractivity contribution in [1.29, 1.82) is 0 Å². The molecule has 0 bridgehead atoms. The Morgan fingerprint density at radius 2 is 1.90 bits per heavy atom. The molecular weight excluding hydrogens is 422 g/mol. The number of rotatable bonds is 10. The van der Waals surface area contributed by atoms with Gasteiger partial charge in [-0.2, -0.15) is 5.10 Å². The molecule has 7 nitrogen and oxygen atoms in total. The maximum absolute atomic E-state index is 13.3. The van der Waals surface area contributed by atoms with Gasteiger partial charge in [0.1, 0.15) is 5.75 Å². The number of halogens is 1. The Hall–Kier alpha value is -2.16. The summed E-state index contributed by atoms with van der Waals surface area (Å²) in [5.74, 6) is 0.700. The molecule has 0 unspecified atom stereocenters. The monoisotopic (exact) mass is 451 g/mol. The third kappa shape index (κ3) is 5.50. The van der Waals surface area contributed by atoms with E-state index in [9.17, 15) is 4.79 Å². The van der Waals surface area contributed by atoms with Gasteiger partial charge in [0.05, 0.1) is 16.8 Å².